The summed E-state index contributed by atoms with van der Waals surface area (Å²) in [6.07, 6.45) is 5.25. The smallest absolute Gasteiger partial charge is 0.338 e. The van der Waals surface area contributed by atoms with E-state index in [1.54, 1.807) is 24.3 Å². The first kappa shape index (κ1) is 21.4. The quantitative estimate of drug-likeness (QED) is 0.258. The summed E-state index contributed by atoms with van der Waals surface area (Å²) in [4.78, 5) is 50.4. The van der Waals surface area contributed by atoms with Crippen molar-refractivity contribution in [1.82, 2.24) is 0 Å². The number of fused-ring (bicyclic) bond motifs is 1. The number of benzene rings is 2. The van der Waals surface area contributed by atoms with Gasteiger partial charge in [-0.3, -0.25) is 14.4 Å². The van der Waals surface area contributed by atoms with Crippen LogP contribution in [-0.4, -0.2) is 30.2 Å². The first-order valence-corrected chi connectivity index (χ1v) is 10.2. The Morgan fingerprint density at radius 3 is 2.13 bits per heavy atom. The van der Waals surface area contributed by atoms with Gasteiger partial charge in [-0.25, -0.2) is 9.69 Å². The van der Waals surface area contributed by atoms with E-state index in [1.807, 2.05) is 0 Å². The fourth-order valence-electron chi connectivity index (χ4n) is 3.40. The lowest BCUT2D eigenvalue weighted by atomic mass is 10.1. The molecule has 0 aromatic heterocycles. The second-order valence-corrected chi connectivity index (χ2v) is 7.36. The lowest BCUT2D eigenvalue weighted by Gasteiger charge is -2.13. The van der Waals surface area contributed by atoms with Gasteiger partial charge in [0.2, 0.25) is 0 Å². The van der Waals surface area contributed by atoms with Crippen molar-refractivity contribution in [2.45, 2.75) is 46.0 Å². The Hall–Kier alpha value is -3.28. The van der Waals surface area contributed by atoms with Gasteiger partial charge in [0.1, 0.15) is 0 Å². The molecule has 156 valence electrons. The van der Waals surface area contributed by atoms with Crippen LogP contribution in [0.25, 0.3) is 0 Å². The highest BCUT2D eigenvalue weighted by molar-refractivity contribution is 6.34. The molecule has 2 aromatic carbocycles. The zero-order valence-electron chi connectivity index (χ0n) is 17.3. The number of unbranched alkanes of at least 4 members (excludes halogenated alkanes) is 4. The normalized spacial score (nSPS) is 12.8. The Morgan fingerprint density at radius 1 is 0.833 bits per heavy atom. The topological polar surface area (TPSA) is 80.8 Å². The van der Waals surface area contributed by atoms with E-state index in [0.29, 0.717) is 17.9 Å². The van der Waals surface area contributed by atoms with E-state index in [-0.39, 0.29) is 22.5 Å². The molecule has 0 radical (unpaired) electrons. The molecule has 0 saturated heterocycles. The fraction of sp³-hybridized carbons (Fsp3) is 0.333. The third-order valence-corrected chi connectivity index (χ3v) is 5.14. The Labute approximate surface area is 175 Å². The summed E-state index contributed by atoms with van der Waals surface area (Å²) in [6, 6.07) is 10.7. The van der Waals surface area contributed by atoms with Crippen molar-refractivity contribution in [2.75, 3.05) is 11.5 Å². The van der Waals surface area contributed by atoms with Crippen LogP contribution in [-0.2, 0) is 4.74 Å². The zero-order chi connectivity index (χ0) is 21.7. The minimum atomic E-state index is -0.502. The Bertz CT molecular complexity index is 978. The molecule has 0 bridgehead atoms. The van der Waals surface area contributed by atoms with E-state index in [9.17, 15) is 19.2 Å². The molecule has 1 aliphatic rings. The maximum atomic E-state index is 12.8. The molecule has 2 aromatic rings. The van der Waals surface area contributed by atoms with Gasteiger partial charge < -0.3 is 4.74 Å². The summed E-state index contributed by atoms with van der Waals surface area (Å²) in [6.45, 7) is 3.92. The van der Waals surface area contributed by atoms with Crippen molar-refractivity contribution < 1.29 is 23.9 Å². The number of rotatable bonds is 9. The van der Waals surface area contributed by atoms with Crippen molar-refractivity contribution in [3.63, 3.8) is 0 Å². The highest BCUT2D eigenvalue weighted by Crippen LogP contribution is 2.29. The molecule has 1 aliphatic heterocycles. The first-order valence-electron chi connectivity index (χ1n) is 10.2. The maximum Gasteiger partial charge on any atom is 0.338 e. The molecule has 0 N–H and O–H groups in total. The number of hydrogen-bond acceptors (Lipinski definition) is 5. The number of carbonyl (C=O) groups is 4. The van der Waals surface area contributed by atoms with Gasteiger partial charge in [0, 0.05) is 5.56 Å². The van der Waals surface area contributed by atoms with Crippen LogP contribution in [0, 0.1) is 0 Å². The molecule has 6 heteroatoms. The molecule has 0 saturated carbocycles. The van der Waals surface area contributed by atoms with E-state index in [4.69, 9.17) is 4.74 Å². The van der Waals surface area contributed by atoms with Crippen LogP contribution >= 0.6 is 0 Å². The summed E-state index contributed by atoms with van der Waals surface area (Å²) in [7, 11) is 0. The van der Waals surface area contributed by atoms with Crippen LogP contribution in [0.1, 0.15) is 87.4 Å². The molecule has 0 fully saturated rings. The van der Waals surface area contributed by atoms with Crippen LogP contribution < -0.4 is 4.90 Å². The molecule has 0 unspecified atom stereocenters. The molecule has 0 atom stereocenters. The molecular weight excluding hydrogens is 382 g/mol. The van der Waals surface area contributed by atoms with Crippen LogP contribution in [0.2, 0.25) is 0 Å². The number of ether oxygens (including phenoxy) is 1. The summed E-state index contributed by atoms with van der Waals surface area (Å²) in [5, 5.41) is 0. The summed E-state index contributed by atoms with van der Waals surface area (Å²) in [5.74, 6) is -1.56. The van der Waals surface area contributed by atoms with E-state index in [1.165, 1.54) is 31.5 Å². The number of nitrogens with zero attached hydrogens (tertiary/aromatic N) is 1. The molecule has 30 heavy (non-hydrogen) atoms. The molecule has 1 heterocycles. The standard InChI is InChI=1S/C24H25NO5/c1-3-4-5-6-7-14-30-24(29)18-10-13-20-21(15-18)23(28)25(22(20)27)19-11-8-17(9-12-19)16(2)26/h8-13,15H,3-7,14H2,1-2H3. The van der Waals surface area contributed by atoms with Gasteiger partial charge in [-0.2, -0.15) is 0 Å². The first-order chi connectivity index (χ1) is 14.4. The Kier molecular flexibility index (Phi) is 6.77. The lowest BCUT2D eigenvalue weighted by molar-refractivity contribution is 0.0497. The molecule has 0 aliphatic carbocycles. The minimum Gasteiger partial charge on any atom is -0.462 e. The highest BCUT2D eigenvalue weighted by Gasteiger charge is 2.37. The fourth-order valence-corrected chi connectivity index (χ4v) is 3.40. The third kappa shape index (κ3) is 4.48. The van der Waals surface area contributed by atoms with E-state index in [2.05, 4.69) is 6.92 Å². The maximum absolute atomic E-state index is 12.8. The van der Waals surface area contributed by atoms with Gasteiger partial charge in [0.25, 0.3) is 11.8 Å². The largest absolute Gasteiger partial charge is 0.462 e. The van der Waals surface area contributed by atoms with Crippen molar-refractivity contribution >= 4 is 29.3 Å². The van der Waals surface area contributed by atoms with Gasteiger partial charge in [-0.15, -0.1) is 0 Å². The van der Waals surface area contributed by atoms with Crippen molar-refractivity contribution in [3.05, 3.63) is 64.7 Å². The number of carbonyl (C=O) groups excluding carboxylic acids is 4. The molecular formula is C24H25NO5. The van der Waals surface area contributed by atoms with Gasteiger partial charge in [-0.1, -0.05) is 32.6 Å². The van der Waals surface area contributed by atoms with Crippen LogP contribution in [0.5, 0.6) is 0 Å². The second-order valence-electron chi connectivity index (χ2n) is 7.36. The number of hydrogen-bond donors (Lipinski definition) is 0. The number of anilines is 1. The minimum absolute atomic E-state index is 0.0996. The second kappa shape index (κ2) is 9.48. The molecule has 0 spiro atoms. The number of amides is 2. The van der Waals surface area contributed by atoms with Gasteiger partial charge in [0.15, 0.2) is 5.78 Å². The monoisotopic (exact) mass is 407 g/mol. The van der Waals surface area contributed by atoms with Crippen molar-refractivity contribution in [3.8, 4) is 0 Å². The zero-order valence-corrected chi connectivity index (χ0v) is 17.3. The van der Waals surface area contributed by atoms with Crippen LogP contribution in [0.15, 0.2) is 42.5 Å². The Balaban J connectivity index is 1.70. The lowest BCUT2D eigenvalue weighted by Crippen LogP contribution is -2.29. The SMILES string of the molecule is CCCCCCCOC(=O)c1ccc2c(c1)C(=O)N(c1ccc(C(C)=O)cc1)C2=O. The van der Waals surface area contributed by atoms with Crippen LogP contribution in [0.4, 0.5) is 5.69 Å². The summed E-state index contributed by atoms with van der Waals surface area (Å²) < 4.78 is 5.30. The highest BCUT2D eigenvalue weighted by atomic mass is 16.5. The Morgan fingerprint density at radius 2 is 1.47 bits per heavy atom. The molecule has 2 amide bonds. The van der Waals surface area contributed by atoms with Gasteiger partial charge in [-0.05, 0) is 55.8 Å². The van der Waals surface area contributed by atoms with Crippen molar-refractivity contribution in [1.29, 1.82) is 0 Å². The van der Waals surface area contributed by atoms with Crippen LogP contribution in [0.3, 0.4) is 0 Å². The summed E-state index contributed by atoms with van der Waals surface area (Å²) in [5.41, 5.74) is 1.54. The average Bonchev–Trinajstić information content (AvgIpc) is 3.00. The van der Waals surface area contributed by atoms with E-state index < -0.39 is 17.8 Å². The predicted octanol–water partition coefficient (Wildman–Crippen LogP) is 4.82. The average molecular weight is 407 g/mol. The van der Waals surface area contributed by atoms with Crippen molar-refractivity contribution in [2.24, 2.45) is 0 Å². The number of esters is 1. The number of Topliss-reactive ketones (excluding diaryl/α,β-unsaturated/α-hetero) is 1. The third-order valence-electron chi connectivity index (χ3n) is 5.14. The summed E-state index contributed by atoms with van der Waals surface area (Å²) >= 11 is 0. The number of imide groups is 1. The molecule has 6 nitrogen and oxygen atoms in total. The van der Waals surface area contributed by atoms with E-state index >= 15 is 0 Å². The predicted molar refractivity (Wildman–Crippen MR) is 113 cm³/mol. The van der Waals surface area contributed by atoms with E-state index in [0.717, 1.165) is 30.6 Å². The van der Waals surface area contributed by atoms with Gasteiger partial charge in [0.05, 0.1) is 29.0 Å². The number of ketones is 1. The molecule has 3 rings (SSSR count). The van der Waals surface area contributed by atoms with Gasteiger partial charge >= 0.3 is 5.97 Å².